The monoisotopic (exact) mass is 408 g/mol. The van der Waals surface area contributed by atoms with Gasteiger partial charge in [0.05, 0.1) is 26.9 Å². The van der Waals surface area contributed by atoms with Gasteiger partial charge in [-0.3, -0.25) is 9.59 Å². The van der Waals surface area contributed by atoms with Gasteiger partial charge in [0.15, 0.2) is 23.1 Å². The maximum absolute atomic E-state index is 14.2. The van der Waals surface area contributed by atoms with Crippen molar-refractivity contribution in [1.82, 2.24) is 0 Å². The van der Waals surface area contributed by atoms with Crippen molar-refractivity contribution in [3.05, 3.63) is 88.7 Å². The number of ether oxygens (including phenoxy) is 3. The predicted octanol–water partition coefficient (Wildman–Crippen LogP) is 4.51. The molecule has 3 aromatic rings. The molecule has 0 atom stereocenters. The molecule has 0 unspecified atom stereocenters. The zero-order chi connectivity index (χ0) is 21.7. The zero-order valence-corrected chi connectivity index (χ0v) is 16.9. The Kier molecular flexibility index (Phi) is 6.47. The van der Waals surface area contributed by atoms with Crippen molar-refractivity contribution in [2.24, 2.45) is 0 Å². The van der Waals surface area contributed by atoms with E-state index in [9.17, 15) is 14.0 Å². The summed E-state index contributed by atoms with van der Waals surface area (Å²) in [7, 11) is 4.45. The summed E-state index contributed by atoms with van der Waals surface area (Å²) >= 11 is 0. The van der Waals surface area contributed by atoms with E-state index in [0.717, 1.165) is 0 Å². The molecule has 0 aliphatic rings. The first kappa shape index (κ1) is 21.0. The number of carbonyl (C=O) groups excluding carboxylic acids is 2. The second-order valence-electron chi connectivity index (χ2n) is 6.50. The van der Waals surface area contributed by atoms with Gasteiger partial charge < -0.3 is 14.2 Å². The molecule has 0 heterocycles. The lowest BCUT2D eigenvalue weighted by molar-refractivity contribution is 0.0992. The summed E-state index contributed by atoms with van der Waals surface area (Å²) in [4.78, 5) is 25.9. The van der Waals surface area contributed by atoms with Crippen molar-refractivity contribution in [1.29, 1.82) is 0 Å². The number of hydrogen-bond donors (Lipinski definition) is 0. The number of ketones is 2. The molecule has 0 N–H and O–H groups in total. The molecule has 0 bridgehead atoms. The van der Waals surface area contributed by atoms with Gasteiger partial charge >= 0.3 is 0 Å². The van der Waals surface area contributed by atoms with Crippen LogP contribution in [0.5, 0.6) is 17.2 Å². The van der Waals surface area contributed by atoms with Crippen LogP contribution in [0.4, 0.5) is 4.39 Å². The maximum atomic E-state index is 14.2. The van der Waals surface area contributed by atoms with Crippen LogP contribution in [0.15, 0.2) is 60.7 Å². The molecule has 0 radical (unpaired) electrons. The Labute approximate surface area is 174 Å². The van der Waals surface area contributed by atoms with Crippen molar-refractivity contribution >= 4 is 11.6 Å². The van der Waals surface area contributed by atoms with Gasteiger partial charge in [-0.25, -0.2) is 4.39 Å². The Morgan fingerprint density at radius 2 is 1.43 bits per heavy atom. The number of halogens is 1. The van der Waals surface area contributed by atoms with Gasteiger partial charge in [-0.05, 0) is 54.1 Å². The summed E-state index contributed by atoms with van der Waals surface area (Å²) < 4.78 is 30.0. The molecular formula is C24H21FO5. The highest BCUT2D eigenvalue weighted by atomic mass is 19.1. The van der Waals surface area contributed by atoms with E-state index in [4.69, 9.17) is 14.2 Å². The van der Waals surface area contributed by atoms with Crippen molar-refractivity contribution < 1.29 is 28.2 Å². The number of methoxy groups -OCH3 is 3. The number of benzene rings is 3. The Bertz CT molecular complexity index is 1070. The minimum Gasteiger partial charge on any atom is -0.497 e. The molecule has 0 saturated carbocycles. The Morgan fingerprint density at radius 1 is 0.800 bits per heavy atom. The number of Topliss-reactive ketones (excluding diaryl/α,β-unsaturated/α-hetero) is 1. The molecule has 5 nitrogen and oxygen atoms in total. The number of carbonyl (C=O) groups is 2. The molecule has 0 fully saturated rings. The van der Waals surface area contributed by atoms with Gasteiger partial charge in [-0.1, -0.05) is 12.1 Å². The largest absolute Gasteiger partial charge is 0.497 e. The fraction of sp³-hybridized carbons (Fsp3) is 0.167. The zero-order valence-electron chi connectivity index (χ0n) is 16.9. The standard InChI is InChI=1S/C24H21FO5/c1-28-17-10-8-15(9-11-17)21(26)12-16-13-22(29-2)23(30-3)14-19(16)24(27)18-6-4-5-7-20(18)25/h4-11,13-14H,12H2,1-3H3. The highest BCUT2D eigenvalue weighted by Crippen LogP contribution is 2.33. The summed E-state index contributed by atoms with van der Waals surface area (Å²) in [6, 6.07) is 15.5. The highest BCUT2D eigenvalue weighted by molar-refractivity contribution is 6.11. The lowest BCUT2D eigenvalue weighted by atomic mass is 9.93. The van der Waals surface area contributed by atoms with Crippen LogP contribution in [0.2, 0.25) is 0 Å². The minimum atomic E-state index is -0.635. The second kappa shape index (κ2) is 9.22. The molecule has 6 heteroatoms. The third-order valence-electron chi connectivity index (χ3n) is 4.74. The lowest BCUT2D eigenvalue weighted by Gasteiger charge is -2.15. The van der Waals surface area contributed by atoms with Gasteiger partial charge in [0.1, 0.15) is 11.6 Å². The van der Waals surface area contributed by atoms with Crippen LogP contribution in [0.1, 0.15) is 31.8 Å². The van der Waals surface area contributed by atoms with E-state index < -0.39 is 11.6 Å². The van der Waals surface area contributed by atoms with E-state index in [-0.39, 0.29) is 23.3 Å². The lowest BCUT2D eigenvalue weighted by Crippen LogP contribution is -2.12. The van der Waals surface area contributed by atoms with Crippen LogP contribution in [-0.4, -0.2) is 32.9 Å². The Balaban J connectivity index is 2.04. The number of rotatable bonds is 8. The van der Waals surface area contributed by atoms with Crippen LogP contribution < -0.4 is 14.2 Å². The van der Waals surface area contributed by atoms with Crippen LogP contribution in [-0.2, 0) is 6.42 Å². The second-order valence-corrected chi connectivity index (χ2v) is 6.50. The third kappa shape index (κ3) is 4.33. The van der Waals surface area contributed by atoms with Gasteiger partial charge in [0.25, 0.3) is 0 Å². The first-order chi connectivity index (χ1) is 14.5. The van der Waals surface area contributed by atoms with E-state index in [1.165, 1.54) is 38.5 Å². The fourth-order valence-electron chi connectivity index (χ4n) is 3.12. The van der Waals surface area contributed by atoms with Crippen LogP contribution in [0, 0.1) is 5.82 Å². The normalized spacial score (nSPS) is 10.4. The molecule has 0 aromatic heterocycles. The van der Waals surface area contributed by atoms with E-state index in [1.54, 1.807) is 43.5 Å². The van der Waals surface area contributed by atoms with E-state index in [1.807, 2.05) is 0 Å². The Hall–Kier alpha value is -3.67. The van der Waals surface area contributed by atoms with E-state index in [0.29, 0.717) is 28.4 Å². The molecular weight excluding hydrogens is 387 g/mol. The van der Waals surface area contributed by atoms with Crippen LogP contribution >= 0.6 is 0 Å². The third-order valence-corrected chi connectivity index (χ3v) is 4.74. The van der Waals surface area contributed by atoms with Gasteiger partial charge in [0, 0.05) is 17.5 Å². The molecule has 0 saturated heterocycles. The smallest absolute Gasteiger partial charge is 0.196 e. The average Bonchev–Trinajstić information content (AvgIpc) is 2.78. The van der Waals surface area contributed by atoms with E-state index >= 15 is 0 Å². The molecule has 3 rings (SSSR count). The van der Waals surface area contributed by atoms with Gasteiger partial charge in [-0.2, -0.15) is 0 Å². The van der Waals surface area contributed by atoms with Crippen molar-refractivity contribution in [2.75, 3.05) is 21.3 Å². The highest BCUT2D eigenvalue weighted by Gasteiger charge is 2.22. The summed E-state index contributed by atoms with van der Waals surface area (Å²) in [5.41, 5.74) is 0.985. The fourth-order valence-corrected chi connectivity index (χ4v) is 3.12. The quantitative estimate of drug-likeness (QED) is 0.514. The molecule has 0 spiro atoms. The summed E-state index contributed by atoms with van der Waals surface area (Å²) in [6.45, 7) is 0. The molecule has 30 heavy (non-hydrogen) atoms. The topological polar surface area (TPSA) is 61.8 Å². The van der Waals surface area contributed by atoms with Crippen LogP contribution in [0.3, 0.4) is 0 Å². The molecule has 0 amide bonds. The summed E-state index contributed by atoms with van der Waals surface area (Å²) in [5, 5.41) is 0. The van der Waals surface area contributed by atoms with Crippen molar-refractivity contribution in [3.8, 4) is 17.2 Å². The predicted molar refractivity (Wildman–Crippen MR) is 110 cm³/mol. The van der Waals surface area contributed by atoms with Gasteiger partial charge in [0.2, 0.25) is 0 Å². The molecule has 0 aliphatic heterocycles. The number of hydrogen-bond acceptors (Lipinski definition) is 5. The summed E-state index contributed by atoms with van der Waals surface area (Å²) in [5.74, 6) is -0.0465. The minimum absolute atomic E-state index is 0.0673. The van der Waals surface area contributed by atoms with Gasteiger partial charge in [-0.15, -0.1) is 0 Å². The van der Waals surface area contributed by atoms with Crippen molar-refractivity contribution in [3.63, 3.8) is 0 Å². The molecule has 0 aliphatic carbocycles. The molecule has 154 valence electrons. The van der Waals surface area contributed by atoms with Crippen LogP contribution in [0.25, 0.3) is 0 Å². The maximum Gasteiger partial charge on any atom is 0.196 e. The SMILES string of the molecule is COc1ccc(C(=O)Cc2cc(OC)c(OC)cc2C(=O)c2ccccc2F)cc1. The summed E-state index contributed by atoms with van der Waals surface area (Å²) in [6.07, 6.45) is -0.0673. The van der Waals surface area contributed by atoms with E-state index in [2.05, 4.69) is 0 Å². The molecule has 3 aromatic carbocycles. The average molecular weight is 408 g/mol. The first-order valence-electron chi connectivity index (χ1n) is 9.19. The van der Waals surface area contributed by atoms with Crippen molar-refractivity contribution in [2.45, 2.75) is 6.42 Å². The Morgan fingerprint density at radius 3 is 2.03 bits per heavy atom. The first-order valence-corrected chi connectivity index (χ1v) is 9.19.